The number of piperidine rings is 1. The number of nitrogens with one attached hydrogen (secondary N) is 2. The minimum atomic E-state index is -3.62. The van der Waals surface area contributed by atoms with Crippen LogP contribution in [0.1, 0.15) is 32.6 Å². The van der Waals surface area contributed by atoms with Gasteiger partial charge in [-0.15, -0.1) is 0 Å². The lowest BCUT2D eigenvalue weighted by Gasteiger charge is -2.34. The molecule has 0 saturated carbocycles. The third-order valence-corrected chi connectivity index (χ3v) is 6.29. The fraction of sp³-hybridized carbons (Fsp3) is 0.467. The van der Waals surface area contributed by atoms with E-state index in [1.165, 1.54) is 18.2 Å². The SMILES string of the molecule is CCC1CCCCN1S(=O)(=O)c1ccc2[nH]c(=O)c(=O)[nH]c2c1. The number of sulfonamides is 1. The maximum absolute atomic E-state index is 12.9. The van der Waals surface area contributed by atoms with Gasteiger partial charge in [-0.1, -0.05) is 13.3 Å². The van der Waals surface area contributed by atoms with Gasteiger partial charge in [0, 0.05) is 12.6 Å². The van der Waals surface area contributed by atoms with Gasteiger partial charge in [0.05, 0.1) is 15.9 Å². The number of fused-ring (bicyclic) bond motifs is 1. The molecule has 1 unspecified atom stereocenters. The summed E-state index contributed by atoms with van der Waals surface area (Å²) in [5.41, 5.74) is -0.841. The second kappa shape index (κ2) is 5.93. The van der Waals surface area contributed by atoms with Gasteiger partial charge in [0.1, 0.15) is 0 Å². The number of rotatable bonds is 3. The molecule has 2 aromatic rings. The van der Waals surface area contributed by atoms with Gasteiger partial charge in [-0.3, -0.25) is 9.59 Å². The van der Waals surface area contributed by atoms with Gasteiger partial charge in [-0.2, -0.15) is 4.31 Å². The second-order valence-corrected chi connectivity index (χ2v) is 7.68. The molecular weight excluding hydrogens is 318 g/mol. The van der Waals surface area contributed by atoms with Gasteiger partial charge in [0.2, 0.25) is 10.0 Å². The quantitative estimate of drug-likeness (QED) is 0.821. The molecule has 124 valence electrons. The number of aromatic amines is 2. The normalized spacial score (nSPS) is 20.0. The zero-order valence-electron chi connectivity index (χ0n) is 12.8. The van der Waals surface area contributed by atoms with Gasteiger partial charge in [-0.25, -0.2) is 8.42 Å². The van der Waals surface area contributed by atoms with E-state index < -0.39 is 21.1 Å². The zero-order valence-corrected chi connectivity index (χ0v) is 13.6. The first-order valence-corrected chi connectivity index (χ1v) is 9.15. The third-order valence-electron chi connectivity index (χ3n) is 4.34. The van der Waals surface area contributed by atoms with Crippen LogP contribution in [0.5, 0.6) is 0 Å². The van der Waals surface area contributed by atoms with Gasteiger partial charge < -0.3 is 9.97 Å². The highest BCUT2D eigenvalue weighted by molar-refractivity contribution is 7.89. The van der Waals surface area contributed by atoms with E-state index >= 15 is 0 Å². The summed E-state index contributed by atoms with van der Waals surface area (Å²) in [6.45, 7) is 2.50. The van der Waals surface area contributed by atoms with Crippen molar-refractivity contribution >= 4 is 21.1 Å². The summed E-state index contributed by atoms with van der Waals surface area (Å²) >= 11 is 0. The second-order valence-electron chi connectivity index (χ2n) is 5.79. The molecule has 0 radical (unpaired) electrons. The molecule has 1 atom stereocenters. The molecular formula is C15H19N3O4S. The van der Waals surface area contributed by atoms with Crippen LogP contribution in [0.4, 0.5) is 0 Å². The average molecular weight is 337 g/mol. The number of H-pyrrole nitrogens is 2. The molecule has 1 aliphatic heterocycles. The van der Waals surface area contributed by atoms with E-state index in [2.05, 4.69) is 9.97 Å². The summed E-state index contributed by atoms with van der Waals surface area (Å²) in [5.74, 6) is 0. The largest absolute Gasteiger partial charge is 0.316 e. The Morgan fingerprint density at radius 3 is 2.52 bits per heavy atom. The van der Waals surface area contributed by atoms with Crippen LogP contribution < -0.4 is 11.1 Å². The summed E-state index contributed by atoms with van der Waals surface area (Å²) in [5, 5.41) is 0. The highest BCUT2D eigenvalue weighted by Crippen LogP contribution is 2.27. The molecule has 2 N–H and O–H groups in total. The molecule has 1 saturated heterocycles. The van der Waals surface area contributed by atoms with Crippen molar-refractivity contribution in [3.8, 4) is 0 Å². The summed E-state index contributed by atoms with van der Waals surface area (Å²) in [4.78, 5) is 27.7. The van der Waals surface area contributed by atoms with Gasteiger partial charge >= 0.3 is 11.1 Å². The van der Waals surface area contributed by atoms with E-state index in [9.17, 15) is 18.0 Å². The van der Waals surface area contributed by atoms with E-state index in [-0.39, 0.29) is 10.9 Å². The monoisotopic (exact) mass is 337 g/mol. The molecule has 0 amide bonds. The van der Waals surface area contributed by atoms with Gasteiger partial charge in [0.15, 0.2) is 0 Å². The van der Waals surface area contributed by atoms with Crippen LogP contribution in [-0.2, 0) is 10.0 Å². The van der Waals surface area contributed by atoms with Gasteiger partial charge in [-0.05, 0) is 37.5 Å². The highest BCUT2D eigenvalue weighted by Gasteiger charge is 2.32. The average Bonchev–Trinajstić information content (AvgIpc) is 2.55. The fourth-order valence-electron chi connectivity index (χ4n) is 3.09. The molecule has 0 bridgehead atoms. The van der Waals surface area contributed by atoms with Crippen LogP contribution in [0.2, 0.25) is 0 Å². The van der Waals surface area contributed by atoms with Crippen LogP contribution in [0.3, 0.4) is 0 Å². The molecule has 0 spiro atoms. The predicted molar refractivity (Wildman–Crippen MR) is 87.0 cm³/mol. The zero-order chi connectivity index (χ0) is 16.6. The summed E-state index contributed by atoms with van der Waals surface area (Å²) < 4.78 is 27.4. The van der Waals surface area contributed by atoms with Crippen LogP contribution in [0, 0.1) is 0 Å². The number of hydrogen-bond donors (Lipinski definition) is 2. The first-order valence-electron chi connectivity index (χ1n) is 7.71. The van der Waals surface area contributed by atoms with Crippen LogP contribution >= 0.6 is 0 Å². The van der Waals surface area contributed by atoms with E-state index in [1.54, 1.807) is 4.31 Å². The van der Waals surface area contributed by atoms with E-state index in [0.29, 0.717) is 17.6 Å². The molecule has 3 rings (SSSR count). The molecule has 1 aliphatic rings. The van der Waals surface area contributed by atoms with Crippen molar-refractivity contribution in [2.45, 2.75) is 43.5 Å². The van der Waals surface area contributed by atoms with Crippen molar-refractivity contribution in [2.24, 2.45) is 0 Å². The lowest BCUT2D eigenvalue weighted by Crippen LogP contribution is -2.43. The molecule has 2 heterocycles. The van der Waals surface area contributed by atoms with E-state index in [4.69, 9.17) is 0 Å². The number of nitrogens with zero attached hydrogens (tertiary/aromatic N) is 1. The van der Waals surface area contributed by atoms with E-state index in [0.717, 1.165) is 25.7 Å². The van der Waals surface area contributed by atoms with Crippen molar-refractivity contribution in [3.63, 3.8) is 0 Å². The molecule has 1 fully saturated rings. The fourth-order valence-corrected chi connectivity index (χ4v) is 4.88. The minimum Gasteiger partial charge on any atom is -0.316 e. The van der Waals surface area contributed by atoms with Crippen LogP contribution in [-0.4, -0.2) is 35.3 Å². The molecule has 1 aromatic carbocycles. The predicted octanol–water partition coefficient (Wildman–Crippen LogP) is 1.17. The van der Waals surface area contributed by atoms with Gasteiger partial charge in [0.25, 0.3) is 0 Å². The lowest BCUT2D eigenvalue weighted by molar-refractivity contribution is 0.246. The Labute approximate surface area is 133 Å². The Balaban J connectivity index is 2.09. The summed E-state index contributed by atoms with van der Waals surface area (Å²) in [6, 6.07) is 4.39. The smallest absolute Gasteiger partial charge is 0.314 e. The Morgan fingerprint density at radius 2 is 1.83 bits per heavy atom. The molecule has 7 nitrogen and oxygen atoms in total. The number of benzene rings is 1. The van der Waals surface area contributed by atoms with Crippen molar-refractivity contribution in [1.29, 1.82) is 0 Å². The molecule has 23 heavy (non-hydrogen) atoms. The Hall–Kier alpha value is -1.93. The van der Waals surface area contributed by atoms with Crippen molar-refractivity contribution in [1.82, 2.24) is 14.3 Å². The van der Waals surface area contributed by atoms with Crippen LogP contribution in [0.25, 0.3) is 11.0 Å². The third kappa shape index (κ3) is 2.84. The Morgan fingerprint density at radius 1 is 1.13 bits per heavy atom. The topological polar surface area (TPSA) is 103 Å². The summed E-state index contributed by atoms with van der Waals surface area (Å²) in [6.07, 6.45) is 3.54. The Kier molecular flexibility index (Phi) is 4.11. The maximum atomic E-state index is 12.9. The van der Waals surface area contributed by atoms with Crippen molar-refractivity contribution in [2.75, 3.05) is 6.54 Å². The number of aromatic nitrogens is 2. The standard InChI is InChI=1S/C15H19N3O4S/c1-2-10-5-3-4-8-18(10)23(21,22)11-6-7-12-13(9-11)17-15(20)14(19)16-12/h6-7,9-10H,2-5,8H2,1H3,(H,16,19)(H,17,20). The van der Waals surface area contributed by atoms with Crippen molar-refractivity contribution in [3.05, 3.63) is 38.9 Å². The minimum absolute atomic E-state index is 0.0130. The number of hydrogen-bond acceptors (Lipinski definition) is 4. The maximum Gasteiger partial charge on any atom is 0.314 e. The molecule has 8 heteroatoms. The molecule has 0 aliphatic carbocycles. The first-order chi connectivity index (χ1) is 10.9. The van der Waals surface area contributed by atoms with E-state index in [1.807, 2.05) is 6.92 Å². The van der Waals surface area contributed by atoms with Crippen molar-refractivity contribution < 1.29 is 8.42 Å². The van der Waals surface area contributed by atoms with Crippen LogP contribution in [0.15, 0.2) is 32.7 Å². The Bertz CT molecular complexity index is 945. The lowest BCUT2D eigenvalue weighted by atomic mass is 10.0. The first kappa shape index (κ1) is 15.9. The molecule has 1 aromatic heterocycles. The highest BCUT2D eigenvalue weighted by atomic mass is 32.2. The summed E-state index contributed by atoms with van der Waals surface area (Å²) in [7, 11) is -3.62.